The lowest BCUT2D eigenvalue weighted by atomic mass is 10.0. The fraction of sp³-hybridized carbons (Fsp3) is 0.375. The third-order valence-electron chi connectivity index (χ3n) is 2.91. The average Bonchev–Trinajstić information content (AvgIpc) is 2.80. The van der Waals surface area contributed by atoms with Gasteiger partial charge in [-0.3, -0.25) is 0 Å². The Hall–Kier alpha value is -1.08. The number of benzene rings is 1. The topological polar surface area (TPSA) is 0 Å². The molecule has 0 saturated heterocycles. The van der Waals surface area contributed by atoms with Gasteiger partial charge >= 0.3 is 0 Å². The molecule has 0 aliphatic heterocycles. The van der Waals surface area contributed by atoms with Crippen molar-refractivity contribution in [1.29, 1.82) is 0 Å². The van der Waals surface area contributed by atoms with Crippen LogP contribution in [0, 0.1) is 5.92 Å². The Balaban J connectivity index is 1.89. The largest absolute Gasteiger partial charge is 0.149 e. The maximum absolute atomic E-state index is 2.28. The summed E-state index contributed by atoms with van der Waals surface area (Å²) in [6.07, 6.45) is 3.51. The molecule has 0 nitrogen and oxygen atoms in total. The summed E-state index contributed by atoms with van der Waals surface area (Å²) < 4.78 is 0. The van der Waals surface area contributed by atoms with Gasteiger partial charge in [0, 0.05) is 4.88 Å². The van der Waals surface area contributed by atoms with Crippen molar-refractivity contribution in [2.45, 2.75) is 33.1 Å². The van der Waals surface area contributed by atoms with Gasteiger partial charge in [0.2, 0.25) is 0 Å². The molecule has 1 aromatic heterocycles. The SMILES string of the molecule is CC(C)Cc1ccc(CCc2cccs2)cc1. The van der Waals surface area contributed by atoms with Gasteiger partial charge in [0.25, 0.3) is 0 Å². The monoisotopic (exact) mass is 244 g/mol. The van der Waals surface area contributed by atoms with Crippen LogP contribution >= 0.6 is 11.3 Å². The second-order valence-electron chi connectivity index (χ2n) is 4.99. The molecule has 17 heavy (non-hydrogen) atoms. The molecular formula is C16H20S. The normalized spacial score (nSPS) is 11.0. The Morgan fingerprint density at radius 2 is 1.65 bits per heavy atom. The quantitative estimate of drug-likeness (QED) is 0.713. The Labute approximate surface area is 108 Å². The van der Waals surface area contributed by atoms with E-state index in [0.717, 1.165) is 12.3 Å². The summed E-state index contributed by atoms with van der Waals surface area (Å²) in [4.78, 5) is 1.48. The number of hydrogen-bond acceptors (Lipinski definition) is 1. The van der Waals surface area contributed by atoms with Crippen LogP contribution in [-0.2, 0) is 19.3 Å². The van der Waals surface area contributed by atoms with Gasteiger partial charge in [0.1, 0.15) is 0 Å². The minimum absolute atomic E-state index is 0.743. The van der Waals surface area contributed by atoms with Crippen LogP contribution in [0.5, 0.6) is 0 Å². The molecule has 0 N–H and O–H groups in total. The molecule has 0 saturated carbocycles. The molecule has 1 heterocycles. The molecular weight excluding hydrogens is 224 g/mol. The van der Waals surface area contributed by atoms with Crippen molar-refractivity contribution >= 4 is 11.3 Å². The van der Waals surface area contributed by atoms with Gasteiger partial charge in [-0.1, -0.05) is 44.2 Å². The van der Waals surface area contributed by atoms with Crippen molar-refractivity contribution in [1.82, 2.24) is 0 Å². The first-order valence-electron chi connectivity index (χ1n) is 6.34. The van der Waals surface area contributed by atoms with Crippen molar-refractivity contribution < 1.29 is 0 Å². The third kappa shape index (κ3) is 4.01. The first-order chi connectivity index (χ1) is 8.24. The standard InChI is InChI=1S/C16H20S/c1-13(2)12-15-7-5-14(6-8-15)9-10-16-4-3-11-17-16/h3-8,11,13H,9-10,12H2,1-2H3. The van der Waals surface area contributed by atoms with E-state index >= 15 is 0 Å². The van der Waals surface area contributed by atoms with Crippen LogP contribution < -0.4 is 0 Å². The molecule has 0 unspecified atom stereocenters. The highest BCUT2D eigenvalue weighted by Gasteiger charge is 1.99. The molecule has 1 aromatic carbocycles. The fourth-order valence-electron chi connectivity index (χ4n) is 2.04. The second kappa shape index (κ2) is 6.02. The van der Waals surface area contributed by atoms with Crippen LogP contribution in [0.2, 0.25) is 0 Å². The summed E-state index contributed by atoms with van der Waals surface area (Å²) in [6, 6.07) is 13.5. The van der Waals surface area contributed by atoms with Gasteiger partial charge in [-0.2, -0.15) is 0 Å². The Morgan fingerprint density at radius 1 is 0.941 bits per heavy atom. The van der Waals surface area contributed by atoms with Gasteiger partial charge in [0.05, 0.1) is 0 Å². The highest BCUT2D eigenvalue weighted by Crippen LogP contribution is 2.14. The predicted molar refractivity (Wildman–Crippen MR) is 76.7 cm³/mol. The fourth-order valence-corrected chi connectivity index (χ4v) is 2.74. The van der Waals surface area contributed by atoms with E-state index in [9.17, 15) is 0 Å². The minimum atomic E-state index is 0.743. The second-order valence-corrected chi connectivity index (χ2v) is 6.03. The minimum Gasteiger partial charge on any atom is -0.149 e. The van der Waals surface area contributed by atoms with Gasteiger partial charge in [-0.15, -0.1) is 11.3 Å². The lowest BCUT2D eigenvalue weighted by Gasteiger charge is -2.06. The van der Waals surface area contributed by atoms with E-state index in [4.69, 9.17) is 0 Å². The molecule has 0 atom stereocenters. The Morgan fingerprint density at radius 3 is 2.24 bits per heavy atom. The van der Waals surface area contributed by atoms with Crippen molar-refractivity contribution in [2.75, 3.05) is 0 Å². The van der Waals surface area contributed by atoms with Gasteiger partial charge in [0.15, 0.2) is 0 Å². The number of hydrogen-bond donors (Lipinski definition) is 0. The van der Waals surface area contributed by atoms with Crippen molar-refractivity contribution in [3.63, 3.8) is 0 Å². The van der Waals surface area contributed by atoms with E-state index < -0.39 is 0 Å². The van der Waals surface area contributed by atoms with Gasteiger partial charge < -0.3 is 0 Å². The van der Waals surface area contributed by atoms with Crippen molar-refractivity contribution in [2.24, 2.45) is 5.92 Å². The zero-order chi connectivity index (χ0) is 12.1. The first-order valence-corrected chi connectivity index (χ1v) is 7.22. The Kier molecular flexibility index (Phi) is 4.38. The molecule has 2 aromatic rings. The molecule has 1 heteroatoms. The van der Waals surface area contributed by atoms with Gasteiger partial charge in [-0.25, -0.2) is 0 Å². The number of aryl methyl sites for hydroxylation is 2. The van der Waals surface area contributed by atoms with E-state index in [2.05, 4.69) is 55.6 Å². The molecule has 2 rings (SSSR count). The average molecular weight is 244 g/mol. The van der Waals surface area contributed by atoms with Crippen molar-refractivity contribution in [3.8, 4) is 0 Å². The summed E-state index contributed by atoms with van der Waals surface area (Å²) in [6.45, 7) is 4.54. The number of rotatable bonds is 5. The van der Waals surface area contributed by atoms with Crippen LogP contribution in [0.25, 0.3) is 0 Å². The predicted octanol–water partition coefficient (Wildman–Crippen LogP) is 4.73. The van der Waals surface area contributed by atoms with Crippen LogP contribution in [0.4, 0.5) is 0 Å². The lowest BCUT2D eigenvalue weighted by Crippen LogP contribution is -1.95. The maximum atomic E-state index is 2.28. The lowest BCUT2D eigenvalue weighted by molar-refractivity contribution is 0.647. The smallest absolute Gasteiger partial charge is 0.00485 e. The van der Waals surface area contributed by atoms with E-state index in [-0.39, 0.29) is 0 Å². The summed E-state index contributed by atoms with van der Waals surface area (Å²) in [5.41, 5.74) is 2.91. The molecule has 0 amide bonds. The Bertz CT molecular complexity index is 423. The molecule has 0 radical (unpaired) electrons. The first kappa shape index (κ1) is 12.4. The molecule has 0 aliphatic rings. The van der Waals surface area contributed by atoms with Crippen LogP contribution in [0.1, 0.15) is 29.9 Å². The highest BCUT2D eigenvalue weighted by atomic mass is 32.1. The highest BCUT2D eigenvalue weighted by molar-refractivity contribution is 7.09. The van der Waals surface area contributed by atoms with Crippen LogP contribution in [-0.4, -0.2) is 0 Å². The van der Waals surface area contributed by atoms with Crippen molar-refractivity contribution in [3.05, 3.63) is 57.8 Å². The summed E-state index contributed by atoms with van der Waals surface area (Å²) >= 11 is 1.85. The summed E-state index contributed by atoms with van der Waals surface area (Å²) in [5.74, 6) is 0.743. The molecule has 0 fully saturated rings. The molecule has 0 aliphatic carbocycles. The number of thiophene rings is 1. The molecule has 0 bridgehead atoms. The van der Waals surface area contributed by atoms with Gasteiger partial charge in [-0.05, 0) is 47.8 Å². The van der Waals surface area contributed by atoms with Crippen LogP contribution in [0.3, 0.4) is 0 Å². The van der Waals surface area contributed by atoms with E-state index in [1.54, 1.807) is 0 Å². The van der Waals surface area contributed by atoms with E-state index in [1.165, 1.54) is 28.8 Å². The molecule has 0 spiro atoms. The summed E-state index contributed by atoms with van der Waals surface area (Å²) in [5, 5.41) is 2.15. The third-order valence-corrected chi connectivity index (χ3v) is 3.84. The summed E-state index contributed by atoms with van der Waals surface area (Å²) in [7, 11) is 0. The zero-order valence-electron chi connectivity index (χ0n) is 10.6. The zero-order valence-corrected chi connectivity index (χ0v) is 11.5. The molecule has 90 valence electrons. The van der Waals surface area contributed by atoms with E-state index in [1.807, 2.05) is 11.3 Å². The maximum Gasteiger partial charge on any atom is 0.00485 e. The van der Waals surface area contributed by atoms with Crippen LogP contribution in [0.15, 0.2) is 41.8 Å². The van der Waals surface area contributed by atoms with E-state index in [0.29, 0.717) is 0 Å².